The summed E-state index contributed by atoms with van der Waals surface area (Å²) in [5.41, 5.74) is 0. The van der Waals surface area contributed by atoms with E-state index < -0.39 is 0 Å². The first-order valence-electron chi connectivity index (χ1n) is 14.3. The molecule has 0 heterocycles. The molecule has 30 heavy (non-hydrogen) atoms. The molecule has 1 heteroatoms. The Balaban J connectivity index is 2.97. The van der Waals surface area contributed by atoms with E-state index in [1.807, 2.05) is 6.61 Å². The molecule has 0 rings (SSSR count). The van der Waals surface area contributed by atoms with E-state index in [9.17, 15) is 0 Å². The fourth-order valence-corrected chi connectivity index (χ4v) is 4.26. The predicted octanol–water partition coefficient (Wildman–Crippen LogP) is 11.0. The largest absolute Gasteiger partial charge is 0.376 e. The normalized spacial score (nSPS) is 11.4. The monoisotopic (exact) mass is 423 g/mol. The minimum atomic E-state index is 0.924. The molecule has 0 aromatic heterocycles. The maximum Gasteiger partial charge on any atom is 0.0836 e. The summed E-state index contributed by atoms with van der Waals surface area (Å²) in [6, 6.07) is 0. The summed E-state index contributed by atoms with van der Waals surface area (Å²) in [7, 11) is 0. The van der Waals surface area contributed by atoms with Gasteiger partial charge in [-0.3, -0.25) is 0 Å². The van der Waals surface area contributed by atoms with Gasteiger partial charge in [-0.2, -0.15) is 0 Å². The highest BCUT2D eigenvalue weighted by Gasteiger charge is 1.96. The summed E-state index contributed by atoms with van der Waals surface area (Å²) < 4.78 is 5.55. The molecule has 0 unspecified atom stereocenters. The third kappa shape index (κ3) is 28.0. The molecule has 0 aliphatic carbocycles. The Morgan fingerprint density at radius 1 is 0.367 bits per heavy atom. The van der Waals surface area contributed by atoms with E-state index in [2.05, 4.69) is 13.8 Å². The molecule has 0 aliphatic heterocycles. The van der Waals surface area contributed by atoms with Crippen LogP contribution in [0.3, 0.4) is 0 Å². The lowest BCUT2D eigenvalue weighted by Gasteiger charge is -2.04. The van der Waals surface area contributed by atoms with Crippen molar-refractivity contribution in [2.24, 2.45) is 0 Å². The van der Waals surface area contributed by atoms with E-state index in [1.165, 1.54) is 154 Å². The van der Waals surface area contributed by atoms with Crippen LogP contribution < -0.4 is 0 Å². The van der Waals surface area contributed by atoms with E-state index in [-0.39, 0.29) is 0 Å². The molecule has 0 atom stereocenters. The van der Waals surface area contributed by atoms with Gasteiger partial charge in [-0.25, -0.2) is 0 Å². The average Bonchev–Trinajstić information content (AvgIpc) is 2.76. The van der Waals surface area contributed by atoms with Gasteiger partial charge in [0.1, 0.15) is 0 Å². The highest BCUT2D eigenvalue weighted by Crippen LogP contribution is 2.15. The van der Waals surface area contributed by atoms with Crippen molar-refractivity contribution in [3.63, 3.8) is 0 Å². The van der Waals surface area contributed by atoms with Crippen molar-refractivity contribution in [3.8, 4) is 0 Å². The fourth-order valence-electron chi connectivity index (χ4n) is 4.26. The van der Waals surface area contributed by atoms with Crippen LogP contribution in [0, 0.1) is 6.61 Å². The summed E-state index contributed by atoms with van der Waals surface area (Å²) in [5, 5.41) is 0. The van der Waals surface area contributed by atoms with Crippen molar-refractivity contribution in [3.05, 3.63) is 6.61 Å². The highest BCUT2D eigenvalue weighted by molar-refractivity contribution is 4.54. The van der Waals surface area contributed by atoms with Crippen LogP contribution in [0.1, 0.15) is 174 Å². The lowest BCUT2D eigenvalue weighted by molar-refractivity contribution is 0.184. The Morgan fingerprint density at radius 2 is 0.667 bits per heavy atom. The SMILES string of the molecule is CCCCCCCCCCCCCCCCCCCCCCC[CH]OCCCCC. The van der Waals surface area contributed by atoms with E-state index in [0.29, 0.717) is 0 Å². The molecule has 1 radical (unpaired) electrons. The van der Waals surface area contributed by atoms with Gasteiger partial charge in [0.25, 0.3) is 0 Å². The fraction of sp³-hybridized carbons (Fsp3) is 0.966. The molecule has 1 nitrogen and oxygen atoms in total. The van der Waals surface area contributed by atoms with Gasteiger partial charge in [0.15, 0.2) is 0 Å². The second-order valence-corrected chi connectivity index (χ2v) is 9.60. The van der Waals surface area contributed by atoms with Crippen LogP contribution in [0.25, 0.3) is 0 Å². The van der Waals surface area contributed by atoms with Crippen molar-refractivity contribution in [2.75, 3.05) is 6.61 Å². The summed E-state index contributed by atoms with van der Waals surface area (Å²) >= 11 is 0. The van der Waals surface area contributed by atoms with Crippen molar-refractivity contribution in [1.29, 1.82) is 0 Å². The van der Waals surface area contributed by atoms with Gasteiger partial charge in [-0.1, -0.05) is 162 Å². The first-order chi connectivity index (χ1) is 14.9. The highest BCUT2D eigenvalue weighted by atomic mass is 16.5. The number of rotatable bonds is 27. The molecule has 0 spiro atoms. The number of hydrogen-bond acceptors (Lipinski definition) is 1. The average molecular weight is 424 g/mol. The maximum atomic E-state index is 5.55. The smallest absolute Gasteiger partial charge is 0.0836 e. The van der Waals surface area contributed by atoms with E-state index in [0.717, 1.165) is 13.0 Å². The predicted molar refractivity (Wildman–Crippen MR) is 137 cm³/mol. The van der Waals surface area contributed by atoms with Gasteiger partial charge in [-0.05, 0) is 12.8 Å². The molecule has 0 N–H and O–H groups in total. The quantitative estimate of drug-likeness (QED) is 0.119. The minimum absolute atomic E-state index is 0.924. The van der Waals surface area contributed by atoms with Crippen LogP contribution in [0.15, 0.2) is 0 Å². The van der Waals surface area contributed by atoms with Crippen LogP contribution in [-0.4, -0.2) is 6.61 Å². The van der Waals surface area contributed by atoms with Gasteiger partial charge in [0.2, 0.25) is 0 Å². The Hall–Kier alpha value is -0.0400. The number of ether oxygens (including phenoxy) is 1. The van der Waals surface area contributed by atoms with Gasteiger partial charge < -0.3 is 4.74 Å². The number of unbranched alkanes of at least 4 members (excludes halogenated alkanes) is 23. The van der Waals surface area contributed by atoms with E-state index >= 15 is 0 Å². The van der Waals surface area contributed by atoms with Crippen LogP contribution in [0.4, 0.5) is 0 Å². The molecule has 0 fully saturated rings. The molecule has 0 aromatic carbocycles. The van der Waals surface area contributed by atoms with Crippen LogP contribution in [0.5, 0.6) is 0 Å². The molecule has 0 amide bonds. The van der Waals surface area contributed by atoms with Gasteiger partial charge in [0, 0.05) is 6.61 Å². The third-order valence-electron chi connectivity index (χ3n) is 6.41. The zero-order valence-corrected chi connectivity index (χ0v) is 21.4. The van der Waals surface area contributed by atoms with Gasteiger partial charge in [0.05, 0.1) is 6.61 Å². The van der Waals surface area contributed by atoms with Gasteiger partial charge in [-0.15, -0.1) is 0 Å². The summed E-state index contributed by atoms with van der Waals surface area (Å²) in [4.78, 5) is 0. The summed E-state index contributed by atoms with van der Waals surface area (Å²) in [6.45, 7) is 7.51. The Kier molecular flexibility index (Phi) is 28.9. The van der Waals surface area contributed by atoms with Crippen molar-refractivity contribution >= 4 is 0 Å². The Bertz CT molecular complexity index is 248. The van der Waals surface area contributed by atoms with Crippen molar-refractivity contribution in [2.45, 2.75) is 174 Å². The first-order valence-corrected chi connectivity index (χ1v) is 14.3. The van der Waals surface area contributed by atoms with Crippen LogP contribution in [-0.2, 0) is 4.74 Å². The van der Waals surface area contributed by atoms with Crippen LogP contribution in [0.2, 0.25) is 0 Å². The van der Waals surface area contributed by atoms with Crippen LogP contribution >= 0.6 is 0 Å². The second kappa shape index (κ2) is 29.0. The van der Waals surface area contributed by atoms with Gasteiger partial charge >= 0.3 is 0 Å². The van der Waals surface area contributed by atoms with Crippen molar-refractivity contribution in [1.82, 2.24) is 0 Å². The lowest BCUT2D eigenvalue weighted by atomic mass is 10.0. The minimum Gasteiger partial charge on any atom is -0.376 e. The Labute approximate surface area is 192 Å². The van der Waals surface area contributed by atoms with Crippen molar-refractivity contribution < 1.29 is 4.74 Å². The lowest BCUT2D eigenvalue weighted by Crippen LogP contribution is -1.92. The standard InChI is InChI=1S/C29H59O/c1-3-5-7-8-9-10-11-12-13-14-15-16-17-18-19-20-21-22-23-24-25-27-29-30-28-26-6-4-2/h29H,3-28H2,1-2H3. The third-order valence-corrected chi connectivity index (χ3v) is 6.41. The maximum absolute atomic E-state index is 5.55. The molecule has 0 aromatic rings. The number of hydrogen-bond donors (Lipinski definition) is 0. The molecule has 0 bridgehead atoms. The van der Waals surface area contributed by atoms with E-state index in [4.69, 9.17) is 4.74 Å². The zero-order chi connectivity index (χ0) is 21.8. The first kappa shape index (κ1) is 30.0. The molecule has 0 aliphatic rings. The molecule has 181 valence electrons. The summed E-state index contributed by atoms with van der Waals surface area (Å²) in [5.74, 6) is 0. The summed E-state index contributed by atoms with van der Waals surface area (Å²) in [6.07, 6.45) is 35.4. The van der Waals surface area contributed by atoms with E-state index in [1.54, 1.807) is 0 Å². The molecule has 0 saturated carbocycles. The zero-order valence-electron chi connectivity index (χ0n) is 21.4. The topological polar surface area (TPSA) is 9.23 Å². The molecular formula is C29H59O. The second-order valence-electron chi connectivity index (χ2n) is 9.60. The molecular weight excluding hydrogens is 364 g/mol. The molecule has 0 saturated heterocycles. The Morgan fingerprint density at radius 3 is 1.03 bits per heavy atom.